The Balaban J connectivity index is 1.21. The lowest BCUT2D eigenvalue weighted by atomic mass is 10.2. The molecule has 5 rings (SSSR count). The minimum Gasteiger partial charge on any atom is -0.484 e. The lowest BCUT2D eigenvalue weighted by Gasteiger charge is -2.06. The SMILES string of the molecule is Cn1nc(C(=O)Nc2ccc(OCc3nnc(-c4ccc(Cl)cc4)o3)cc2)c2ccccc21. The predicted octanol–water partition coefficient (Wildman–Crippen LogP) is 5.11. The van der Waals surface area contributed by atoms with Gasteiger partial charge in [0.05, 0.1) is 5.52 Å². The molecule has 0 aliphatic rings. The summed E-state index contributed by atoms with van der Waals surface area (Å²) in [7, 11) is 1.81. The normalized spacial score (nSPS) is 11.0. The number of carbonyl (C=O) groups excluding carboxylic acids is 1. The second-order valence-corrected chi connectivity index (χ2v) is 7.70. The number of halogens is 1. The summed E-state index contributed by atoms with van der Waals surface area (Å²) in [6.07, 6.45) is 0. The van der Waals surface area contributed by atoms with E-state index in [1.165, 1.54) is 0 Å². The molecule has 0 bridgehead atoms. The van der Waals surface area contributed by atoms with E-state index in [1.807, 2.05) is 31.3 Å². The van der Waals surface area contributed by atoms with E-state index in [-0.39, 0.29) is 12.5 Å². The Kier molecular flexibility index (Phi) is 5.50. The number of hydrogen-bond acceptors (Lipinski definition) is 6. The molecule has 0 radical (unpaired) electrons. The number of para-hydroxylation sites is 1. The number of aromatic nitrogens is 4. The zero-order valence-corrected chi connectivity index (χ0v) is 18.3. The van der Waals surface area contributed by atoms with Gasteiger partial charge in [0, 0.05) is 28.7 Å². The summed E-state index contributed by atoms with van der Waals surface area (Å²) < 4.78 is 13.0. The van der Waals surface area contributed by atoms with Crippen LogP contribution in [-0.4, -0.2) is 25.9 Å². The first-order valence-electron chi connectivity index (χ1n) is 10.1. The monoisotopic (exact) mass is 459 g/mol. The van der Waals surface area contributed by atoms with E-state index in [1.54, 1.807) is 53.2 Å². The van der Waals surface area contributed by atoms with Crippen molar-refractivity contribution in [1.29, 1.82) is 0 Å². The van der Waals surface area contributed by atoms with E-state index >= 15 is 0 Å². The average Bonchev–Trinajstić information content (AvgIpc) is 3.44. The summed E-state index contributed by atoms with van der Waals surface area (Å²) in [6.45, 7) is 0.117. The van der Waals surface area contributed by atoms with Crippen molar-refractivity contribution >= 4 is 34.1 Å². The van der Waals surface area contributed by atoms with Gasteiger partial charge in [-0.15, -0.1) is 10.2 Å². The van der Waals surface area contributed by atoms with Crippen LogP contribution in [0.4, 0.5) is 5.69 Å². The summed E-state index contributed by atoms with van der Waals surface area (Å²) >= 11 is 5.90. The van der Waals surface area contributed by atoms with Gasteiger partial charge in [-0.3, -0.25) is 9.48 Å². The van der Waals surface area contributed by atoms with Crippen LogP contribution in [0.5, 0.6) is 5.75 Å². The highest BCUT2D eigenvalue weighted by Crippen LogP contribution is 2.23. The first-order chi connectivity index (χ1) is 16.1. The van der Waals surface area contributed by atoms with Gasteiger partial charge in [0.25, 0.3) is 11.8 Å². The summed E-state index contributed by atoms with van der Waals surface area (Å²) in [5.41, 5.74) is 2.68. The molecule has 9 heteroatoms. The molecule has 3 aromatic carbocycles. The van der Waals surface area contributed by atoms with Crippen LogP contribution in [0.15, 0.2) is 77.2 Å². The summed E-state index contributed by atoms with van der Waals surface area (Å²) in [6, 6.07) is 21.7. The Morgan fingerprint density at radius 3 is 2.58 bits per heavy atom. The quantitative estimate of drug-likeness (QED) is 0.379. The van der Waals surface area contributed by atoms with Crippen LogP contribution in [0.25, 0.3) is 22.4 Å². The van der Waals surface area contributed by atoms with Crippen molar-refractivity contribution in [2.24, 2.45) is 7.05 Å². The van der Waals surface area contributed by atoms with E-state index in [4.69, 9.17) is 20.8 Å². The molecule has 2 heterocycles. The maximum atomic E-state index is 12.7. The van der Waals surface area contributed by atoms with Crippen LogP contribution in [0.3, 0.4) is 0 Å². The molecule has 0 atom stereocenters. The van der Waals surface area contributed by atoms with E-state index in [0.29, 0.717) is 33.9 Å². The highest BCUT2D eigenvalue weighted by molar-refractivity contribution is 6.30. The second kappa shape index (κ2) is 8.76. The maximum absolute atomic E-state index is 12.7. The van der Waals surface area contributed by atoms with E-state index in [0.717, 1.165) is 16.5 Å². The van der Waals surface area contributed by atoms with Gasteiger partial charge in [0.1, 0.15) is 5.75 Å². The van der Waals surface area contributed by atoms with Crippen LogP contribution in [0.1, 0.15) is 16.4 Å². The molecule has 2 aromatic heterocycles. The molecular formula is C24H18ClN5O3. The average molecular weight is 460 g/mol. The number of carbonyl (C=O) groups is 1. The standard InChI is InChI=1S/C24H18ClN5O3/c1-30-20-5-3-2-4-19(20)22(29-30)23(31)26-17-10-12-18(13-11-17)32-14-21-27-28-24(33-21)15-6-8-16(25)9-7-15/h2-13H,14H2,1H3,(H,26,31). The first-order valence-corrected chi connectivity index (χ1v) is 10.5. The summed E-state index contributed by atoms with van der Waals surface area (Å²) in [5.74, 6) is 1.06. The number of nitrogens with zero attached hydrogens (tertiary/aromatic N) is 4. The number of hydrogen-bond donors (Lipinski definition) is 1. The molecule has 1 amide bonds. The molecule has 8 nitrogen and oxygen atoms in total. The molecule has 164 valence electrons. The topological polar surface area (TPSA) is 95.1 Å². The molecule has 5 aromatic rings. The fourth-order valence-electron chi connectivity index (χ4n) is 3.37. The summed E-state index contributed by atoms with van der Waals surface area (Å²) in [4.78, 5) is 12.7. The number of anilines is 1. The van der Waals surface area contributed by atoms with Gasteiger partial charge >= 0.3 is 0 Å². The van der Waals surface area contributed by atoms with Crippen molar-refractivity contribution in [3.63, 3.8) is 0 Å². The Labute approximate surface area is 193 Å². The summed E-state index contributed by atoms with van der Waals surface area (Å²) in [5, 5.41) is 16.7. The van der Waals surface area contributed by atoms with Crippen LogP contribution in [0.2, 0.25) is 5.02 Å². The fourth-order valence-corrected chi connectivity index (χ4v) is 3.50. The Morgan fingerprint density at radius 2 is 1.79 bits per heavy atom. The highest BCUT2D eigenvalue weighted by atomic mass is 35.5. The number of aryl methyl sites for hydroxylation is 1. The van der Waals surface area contributed by atoms with Crippen molar-refractivity contribution in [2.45, 2.75) is 6.61 Å². The zero-order chi connectivity index (χ0) is 22.8. The third-order valence-corrected chi connectivity index (χ3v) is 5.26. The number of ether oxygens (including phenoxy) is 1. The van der Waals surface area contributed by atoms with E-state index in [9.17, 15) is 4.79 Å². The minimum absolute atomic E-state index is 0.117. The van der Waals surface area contributed by atoms with Crippen LogP contribution < -0.4 is 10.1 Å². The molecule has 1 N–H and O–H groups in total. The number of benzene rings is 3. The molecule has 0 spiro atoms. The van der Waals surface area contributed by atoms with Crippen LogP contribution in [-0.2, 0) is 13.7 Å². The number of rotatable bonds is 6. The van der Waals surface area contributed by atoms with Gasteiger partial charge in [-0.1, -0.05) is 29.8 Å². The van der Waals surface area contributed by atoms with Gasteiger partial charge < -0.3 is 14.5 Å². The van der Waals surface area contributed by atoms with Gasteiger partial charge in [0.2, 0.25) is 5.89 Å². The lowest BCUT2D eigenvalue weighted by Crippen LogP contribution is -2.13. The van der Waals surface area contributed by atoms with Crippen LogP contribution in [0, 0.1) is 0 Å². The Bertz CT molecular complexity index is 1430. The van der Waals surface area contributed by atoms with Gasteiger partial charge in [0.15, 0.2) is 12.3 Å². The third-order valence-electron chi connectivity index (χ3n) is 5.01. The van der Waals surface area contributed by atoms with Crippen molar-refractivity contribution < 1.29 is 13.9 Å². The van der Waals surface area contributed by atoms with E-state index in [2.05, 4.69) is 20.6 Å². The van der Waals surface area contributed by atoms with Gasteiger partial charge in [-0.2, -0.15) is 5.10 Å². The lowest BCUT2D eigenvalue weighted by molar-refractivity contribution is 0.102. The maximum Gasteiger partial charge on any atom is 0.276 e. The van der Waals surface area contributed by atoms with Crippen LogP contribution >= 0.6 is 11.6 Å². The Hall–Kier alpha value is -4.17. The minimum atomic E-state index is -0.277. The van der Waals surface area contributed by atoms with Crippen molar-refractivity contribution in [3.05, 3.63) is 89.4 Å². The fraction of sp³-hybridized carbons (Fsp3) is 0.0833. The Morgan fingerprint density at radius 1 is 1.03 bits per heavy atom. The third kappa shape index (κ3) is 4.42. The largest absolute Gasteiger partial charge is 0.484 e. The highest BCUT2D eigenvalue weighted by Gasteiger charge is 2.16. The molecule has 0 fully saturated rings. The first kappa shape index (κ1) is 20.7. The number of amides is 1. The van der Waals surface area contributed by atoms with Crippen molar-refractivity contribution in [1.82, 2.24) is 20.0 Å². The molecule has 0 aliphatic heterocycles. The smallest absolute Gasteiger partial charge is 0.276 e. The van der Waals surface area contributed by atoms with E-state index < -0.39 is 0 Å². The van der Waals surface area contributed by atoms with Gasteiger partial charge in [-0.25, -0.2) is 0 Å². The zero-order valence-electron chi connectivity index (χ0n) is 17.5. The number of nitrogens with one attached hydrogen (secondary N) is 1. The molecule has 33 heavy (non-hydrogen) atoms. The number of fused-ring (bicyclic) bond motifs is 1. The van der Waals surface area contributed by atoms with Crippen molar-refractivity contribution in [2.75, 3.05) is 5.32 Å². The van der Waals surface area contributed by atoms with Crippen molar-refractivity contribution in [3.8, 4) is 17.2 Å². The predicted molar refractivity (Wildman–Crippen MR) is 124 cm³/mol. The molecule has 0 saturated carbocycles. The van der Waals surface area contributed by atoms with Gasteiger partial charge in [-0.05, 0) is 54.6 Å². The molecule has 0 aliphatic carbocycles. The molecule has 0 unspecified atom stereocenters. The molecular weight excluding hydrogens is 442 g/mol. The molecule has 0 saturated heterocycles. The second-order valence-electron chi connectivity index (χ2n) is 7.26.